The van der Waals surface area contributed by atoms with Crippen LogP contribution < -0.4 is 21.3 Å². The lowest BCUT2D eigenvalue weighted by atomic mass is 9.94. The molecule has 4 N–H and O–H groups in total. The molecule has 0 unspecified atom stereocenters. The normalized spacial score (nSPS) is 11.4. The maximum atomic E-state index is 13.0. The van der Waals surface area contributed by atoms with E-state index in [9.17, 15) is 14.4 Å². The molecule has 2 rings (SSSR count). The van der Waals surface area contributed by atoms with E-state index in [4.69, 9.17) is 0 Å². The highest BCUT2D eigenvalue weighted by Crippen LogP contribution is 2.36. The van der Waals surface area contributed by atoms with Gasteiger partial charge in [0.2, 0.25) is 5.91 Å². The molecule has 4 amide bonds. The summed E-state index contributed by atoms with van der Waals surface area (Å²) in [6.07, 6.45) is 0. The maximum Gasteiger partial charge on any atom is 0.324 e. The van der Waals surface area contributed by atoms with Crippen LogP contribution in [0.25, 0.3) is 0 Å². The molecule has 1 heterocycles. The molecule has 0 atom stereocenters. The van der Waals surface area contributed by atoms with Crippen LogP contribution in [0.15, 0.2) is 24.3 Å². The number of amides is 4. The standard InChI is InChI=1S/C28H40N4O3SSi/c1-18(2)24(33)29-13-14-30-25(34)22-17-23(28(4,5)6)36-26(22)32-27(35)31-21-11-10-19(3)20(16-21)12-15-37(7,8)9/h10-11,16-18H,13-14H2,1-9H3,(H,29,33)(H,30,34)(H2,31,32,35). The lowest BCUT2D eigenvalue weighted by Gasteiger charge is -2.15. The zero-order valence-corrected chi connectivity index (χ0v) is 25.3. The lowest BCUT2D eigenvalue weighted by molar-refractivity contribution is -0.123. The minimum Gasteiger partial charge on any atom is -0.354 e. The summed E-state index contributed by atoms with van der Waals surface area (Å²) in [5, 5.41) is 11.8. The zero-order valence-electron chi connectivity index (χ0n) is 23.4. The number of benzene rings is 1. The van der Waals surface area contributed by atoms with E-state index >= 15 is 0 Å². The molecule has 0 saturated heterocycles. The van der Waals surface area contributed by atoms with Gasteiger partial charge in [-0.05, 0) is 36.1 Å². The molecular formula is C28H40N4O3SSi. The van der Waals surface area contributed by atoms with Crippen molar-refractivity contribution in [3.8, 4) is 11.5 Å². The molecule has 0 spiro atoms. The van der Waals surface area contributed by atoms with Crippen LogP contribution in [0.3, 0.4) is 0 Å². The number of hydrogen-bond acceptors (Lipinski definition) is 4. The van der Waals surface area contributed by atoms with E-state index in [1.54, 1.807) is 0 Å². The van der Waals surface area contributed by atoms with E-state index in [1.165, 1.54) is 11.3 Å². The lowest BCUT2D eigenvalue weighted by Crippen LogP contribution is -2.36. The van der Waals surface area contributed by atoms with Crippen molar-refractivity contribution in [1.82, 2.24) is 10.6 Å². The minimum absolute atomic E-state index is 0.0652. The number of carbonyl (C=O) groups excluding carboxylic acids is 3. The molecule has 0 radical (unpaired) electrons. The fourth-order valence-corrected chi connectivity index (χ4v) is 4.66. The van der Waals surface area contributed by atoms with Gasteiger partial charge in [0.05, 0.1) is 5.56 Å². The van der Waals surface area contributed by atoms with E-state index in [-0.39, 0.29) is 29.7 Å². The molecule has 7 nitrogen and oxygen atoms in total. The molecule has 0 aliphatic rings. The second-order valence-electron chi connectivity index (χ2n) is 11.4. The molecule has 9 heteroatoms. The van der Waals surface area contributed by atoms with Gasteiger partial charge in [0.15, 0.2) is 0 Å². The first-order chi connectivity index (χ1) is 17.1. The molecule has 200 valence electrons. The van der Waals surface area contributed by atoms with Gasteiger partial charge in [-0.1, -0.05) is 66.2 Å². The highest BCUT2D eigenvalue weighted by molar-refractivity contribution is 7.16. The van der Waals surface area contributed by atoms with E-state index in [0.29, 0.717) is 22.8 Å². The number of aryl methyl sites for hydroxylation is 1. The Kier molecular flexibility index (Phi) is 10.1. The van der Waals surface area contributed by atoms with E-state index in [2.05, 4.69) is 73.1 Å². The second-order valence-corrected chi connectivity index (χ2v) is 17.2. The van der Waals surface area contributed by atoms with Gasteiger partial charge in [-0.15, -0.1) is 16.9 Å². The molecule has 1 aromatic heterocycles. The molecule has 0 saturated carbocycles. The Morgan fingerprint density at radius 3 is 2.24 bits per heavy atom. The second kappa shape index (κ2) is 12.4. The topological polar surface area (TPSA) is 99.3 Å². The van der Waals surface area contributed by atoms with Gasteiger partial charge in [0, 0.05) is 35.1 Å². The van der Waals surface area contributed by atoms with Gasteiger partial charge in [-0.2, -0.15) is 0 Å². The van der Waals surface area contributed by atoms with Crippen LogP contribution in [-0.2, 0) is 10.2 Å². The Morgan fingerprint density at radius 1 is 1.00 bits per heavy atom. The Morgan fingerprint density at radius 2 is 1.65 bits per heavy atom. The van der Waals surface area contributed by atoms with E-state index < -0.39 is 14.1 Å². The Labute approximate surface area is 226 Å². The molecule has 1 aromatic carbocycles. The summed E-state index contributed by atoms with van der Waals surface area (Å²) < 4.78 is 0. The molecule has 2 aromatic rings. The third-order valence-electron chi connectivity index (χ3n) is 5.24. The van der Waals surface area contributed by atoms with Crippen molar-refractivity contribution < 1.29 is 14.4 Å². The van der Waals surface area contributed by atoms with E-state index in [1.807, 2.05) is 45.0 Å². The van der Waals surface area contributed by atoms with E-state index in [0.717, 1.165) is 16.0 Å². The van der Waals surface area contributed by atoms with Gasteiger partial charge >= 0.3 is 6.03 Å². The number of urea groups is 1. The third-order valence-corrected chi connectivity index (χ3v) is 7.60. The number of hydrogen-bond donors (Lipinski definition) is 4. The summed E-state index contributed by atoms with van der Waals surface area (Å²) >= 11 is 1.38. The Hall–Kier alpha value is -3.09. The SMILES string of the molecule is Cc1ccc(NC(=O)Nc2sc(C(C)(C)C)cc2C(=O)NCCNC(=O)C(C)C)cc1C#C[Si](C)(C)C. The number of anilines is 2. The Balaban J connectivity index is 2.16. The smallest absolute Gasteiger partial charge is 0.324 e. The van der Waals surface area contributed by atoms with Gasteiger partial charge < -0.3 is 16.0 Å². The van der Waals surface area contributed by atoms with Gasteiger partial charge in [0.25, 0.3) is 5.91 Å². The summed E-state index contributed by atoms with van der Waals surface area (Å²) in [6.45, 7) is 19.0. The highest BCUT2D eigenvalue weighted by atomic mass is 32.1. The molecule has 0 aliphatic carbocycles. The number of nitrogens with one attached hydrogen (secondary N) is 4. The van der Waals surface area contributed by atoms with Crippen molar-refractivity contribution in [2.24, 2.45) is 5.92 Å². The summed E-state index contributed by atoms with van der Waals surface area (Å²) in [5.41, 5.74) is 6.13. The average molecular weight is 541 g/mol. The van der Waals surface area contributed by atoms with Crippen molar-refractivity contribution >= 4 is 47.9 Å². The predicted molar refractivity (Wildman–Crippen MR) is 157 cm³/mol. The summed E-state index contributed by atoms with van der Waals surface area (Å²) in [7, 11) is -1.53. The molecule has 37 heavy (non-hydrogen) atoms. The van der Waals surface area contributed by atoms with Crippen LogP contribution in [0.2, 0.25) is 19.6 Å². The first kappa shape index (κ1) is 30.1. The number of carbonyl (C=O) groups is 3. The summed E-state index contributed by atoms with van der Waals surface area (Å²) in [6, 6.07) is 7.02. The van der Waals surface area contributed by atoms with Crippen LogP contribution >= 0.6 is 11.3 Å². The molecule has 0 bridgehead atoms. The van der Waals surface area contributed by atoms with Crippen molar-refractivity contribution in [1.29, 1.82) is 0 Å². The quantitative estimate of drug-likeness (QED) is 0.205. The number of thiophene rings is 1. The summed E-state index contributed by atoms with van der Waals surface area (Å²) in [5.74, 6) is 2.77. The molecule has 0 aliphatic heterocycles. The van der Waals surface area contributed by atoms with Crippen LogP contribution in [0, 0.1) is 24.3 Å². The van der Waals surface area contributed by atoms with Crippen LogP contribution in [0.1, 0.15) is 61.0 Å². The van der Waals surface area contributed by atoms with Crippen molar-refractivity contribution in [2.45, 2.75) is 66.6 Å². The fourth-order valence-electron chi connectivity index (χ4n) is 3.04. The first-order valence-corrected chi connectivity index (χ1v) is 16.8. The number of rotatable bonds is 7. The van der Waals surface area contributed by atoms with Gasteiger partial charge in [-0.25, -0.2) is 4.79 Å². The first-order valence-electron chi connectivity index (χ1n) is 12.5. The maximum absolute atomic E-state index is 13.0. The molecular weight excluding hydrogens is 500 g/mol. The fraction of sp³-hybridized carbons (Fsp3) is 0.464. The third kappa shape index (κ3) is 9.71. The summed E-state index contributed by atoms with van der Waals surface area (Å²) in [4.78, 5) is 38.6. The van der Waals surface area contributed by atoms with Crippen molar-refractivity contribution in [3.63, 3.8) is 0 Å². The predicted octanol–water partition coefficient (Wildman–Crippen LogP) is 5.73. The van der Waals surface area contributed by atoms with Crippen molar-refractivity contribution in [3.05, 3.63) is 45.8 Å². The zero-order chi connectivity index (χ0) is 28.0. The van der Waals surface area contributed by atoms with Crippen LogP contribution in [0.4, 0.5) is 15.5 Å². The van der Waals surface area contributed by atoms with Crippen LogP contribution in [0.5, 0.6) is 0 Å². The highest BCUT2D eigenvalue weighted by Gasteiger charge is 2.24. The largest absolute Gasteiger partial charge is 0.354 e. The molecule has 0 fully saturated rings. The van der Waals surface area contributed by atoms with Crippen molar-refractivity contribution in [2.75, 3.05) is 23.7 Å². The monoisotopic (exact) mass is 540 g/mol. The van der Waals surface area contributed by atoms with Gasteiger partial charge in [0.1, 0.15) is 13.1 Å². The minimum atomic E-state index is -1.53. The van der Waals surface area contributed by atoms with Gasteiger partial charge in [-0.3, -0.25) is 14.9 Å². The Bertz CT molecular complexity index is 1210. The average Bonchev–Trinajstić information content (AvgIpc) is 3.20. The van der Waals surface area contributed by atoms with Crippen LogP contribution in [-0.4, -0.2) is 39.0 Å².